The van der Waals surface area contributed by atoms with E-state index in [2.05, 4.69) is 25.4 Å². The summed E-state index contributed by atoms with van der Waals surface area (Å²) in [6, 6.07) is 6.13. The maximum absolute atomic E-state index is 12.9. The van der Waals surface area contributed by atoms with Crippen molar-refractivity contribution in [3.8, 4) is 11.5 Å². The summed E-state index contributed by atoms with van der Waals surface area (Å²) in [4.78, 5) is 49.5. The van der Waals surface area contributed by atoms with Crippen LogP contribution in [0.15, 0.2) is 38.1 Å². The molecular weight excluding hydrogens is 534 g/mol. The van der Waals surface area contributed by atoms with Crippen LogP contribution in [0.2, 0.25) is 0 Å². The molecule has 180 valence electrons. The fourth-order valence-electron chi connectivity index (χ4n) is 2.84. The molecule has 0 bridgehead atoms. The zero-order valence-corrected chi connectivity index (χ0v) is 20.8. The van der Waals surface area contributed by atoms with Crippen LogP contribution in [0.25, 0.3) is 6.08 Å². The quantitative estimate of drug-likeness (QED) is 0.332. The van der Waals surface area contributed by atoms with Crippen LogP contribution in [0.3, 0.4) is 0 Å². The Morgan fingerprint density at radius 1 is 1.12 bits per heavy atom. The van der Waals surface area contributed by atoms with Crippen molar-refractivity contribution in [3.63, 3.8) is 0 Å². The number of amides is 2. The van der Waals surface area contributed by atoms with Gasteiger partial charge >= 0.3 is 11.9 Å². The maximum atomic E-state index is 12.9. The number of imide groups is 1. The van der Waals surface area contributed by atoms with Gasteiger partial charge in [0.05, 0.1) is 32.3 Å². The van der Waals surface area contributed by atoms with Gasteiger partial charge in [-0.15, -0.1) is 0 Å². The van der Waals surface area contributed by atoms with Crippen LogP contribution in [0.1, 0.15) is 28.8 Å². The monoisotopic (exact) mass is 553 g/mol. The summed E-state index contributed by atoms with van der Waals surface area (Å²) in [5, 5.41) is -0.480. The van der Waals surface area contributed by atoms with Crippen molar-refractivity contribution in [2.45, 2.75) is 13.5 Å². The van der Waals surface area contributed by atoms with E-state index in [1.807, 2.05) is 0 Å². The van der Waals surface area contributed by atoms with E-state index in [1.165, 1.54) is 26.4 Å². The third-order valence-corrected chi connectivity index (χ3v) is 6.05. The second kappa shape index (κ2) is 11.3. The smallest absolute Gasteiger partial charge is 0.373 e. The number of nitrogens with zero attached hydrogens (tertiary/aromatic N) is 1. The van der Waals surface area contributed by atoms with Crippen LogP contribution in [0, 0.1) is 0 Å². The highest BCUT2D eigenvalue weighted by atomic mass is 79.9. The van der Waals surface area contributed by atoms with Gasteiger partial charge in [0.25, 0.3) is 11.1 Å². The fourth-order valence-corrected chi connectivity index (χ4v) is 4.11. The van der Waals surface area contributed by atoms with E-state index in [0.29, 0.717) is 28.1 Å². The van der Waals surface area contributed by atoms with Crippen LogP contribution in [0.5, 0.6) is 11.5 Å². The average Bonchev–Trinajstić information content (AvgIpc) is 3.39. The van der Waals surface area contributed by atoms with E-state index in [-0.39, 0.29) is 29.6 Å². The predicted octanol–water partition coefficient (Wildman–Crippen LogP) is 4.02. The van der Waals surface area contributed by atoms with Crippen LogP contribution in [-0.2, 0) is 25.6 Å². The molecule has 0 aliphatic carbocycles. The molecule has 1 aromatic carbocycles. The van der Waals surface area contributed by atoms with Gasteiger partial charge in [-0.25, -0.2) is 9.59 Å². The number of thioether (sulfide) groups is 1. The van der Waals surface area contributed by atoms with E-state index < -0.39 is 23.1 Å². The molecular formula is C22H20BrNO9S. The van der Waals surface area contributed by atoms with Crippen LogP contribution >= 0.6 is 27.7 Å². The lowest BCUT2D eigenvalue weighted by Crippen LogP contribution is -2.27. The molecule has 0 saturated carbocycles. The van der Waals surface area contributed by atoms with E-state index in [4.69, 9.17) is 13.9 Å². The normalized spacial score (nSPS) is 14.5. The minimum absolute atomic E-state index is 0.0260. The Labute approximate surface area is 207 Å². The van der Waals surface area contributed by atoms with Crippen molar-refractivity contribution in [1.29, 1.82) is 0 Å². The van der Waals surface area contributed by atoms with Crippen molar-refractivity contribution in [2.24, 2.45) is 0 Å². The molecule has 0 atom stereocenters. The summed E-state index contributed by atoms with van der Waals surface area (Å²) in [5.41, 5.74) is 0.561. The number of ether oxygens (including phenoxy) is 4. The number of furan rings is 1. The lowest BCUT2D eigenvalue weighted by atomic mass is 10.1. The van der Waals surface area contributed by atoms with E-state index in [1.54, 1.807) is 25.1 Å². The number of esters is 2. The Balaban J connectivity index is 1.82. The second-order valence-electron chi connectivity index (χ2n) is 6.64. The summed E-state index contributed by atoms with van der Waals surface area (Å²) >= 11 is 4.19. The molecule has 2 aromatic rings. The van der Waals surface area contributed by atoms with E-state index in [9.17, 15) is 19.2 Å². The highest BCUT2D eigenvalue weighted by Gasteiger charge is 2.36. The van der Waals surface area contributed by atoms with Crippen molar-refractivity contribution in [2.75, 3.05) is 27.4 Å². The summed E-state index contributed by atoms with van der Waals surface area (Å²) in [5.74, 6) is -0.824. The molecule has 2 amide bonds. The van der Waals surface area contributed by atoms with Crippen molar-refractivity contribution in [3.05, 3.63) is 50.7 Å². The molecule has 0 spiro atoms. The molecule has 1 aromatic heterocycles. The number of carbonyl (C=O) groups excluding carboxylic acids is 4. The van der Waals surface area contributed by atoms with E-state index in [0.717, 1.165) is 16.7 Å². The molecule has 34 heavy (non-hydrogen) atoms. The fraction of sp³-hybridized carbons (Fsp3) is 0.273. The third-order valence-electron chi connectivity index (χ3n) is 4.46. The molecule has 1 aliphatic rings. The zero-order chi connectivity index (χ0) is 24.8. The number of carbonyl (C=O) groups is 4. The Bertz CT molecular complexity index is 1160. The molecule has 0 unspecified atom stereocenters. The molecule has 0 radical (unpaired) electrons. The molecule has 1 aliphatic heterocycles. The Morgan fingerprint density at radius 2 is 1.85 bits per heavy atom. The zero-order valence-electron chi connectivity index (χ0n) is 18.4. The minimum Gasteiger partial charge on any atom is -0.490 e. The van der Waals surface area contributed by atoms with Crippen molar-refractivity contribution in [1.82, 2.24) is 4.90 Å². The van der Waals surface area contributed by atoms with Gasteiger partial charge in [-0.1, -0.05) is 15.9 Å². The van der Waals surface area contributed by atoms with Gasteiger partial charge in [-0.2, -0.15) is 0 Å². The number of hydrogen-bond acceptors (Lipinski definition) is 10. The first kappa shape index (κ1) is 25.4. The standard InChI is InChI=1S/C22H20BrNO9S/c1-4-31-16-7-12(14(23)9-17(16)32-11-19(25)29-2)8-18-20(26)24(22(28)34-18)10-13-5-6-15(33-13)21(27)30-3/h5-9H,4,10-11H2,1-3H3/b18-8+. The van der Waals surface area contributed by atoms with Gasteiger partial charge in [0.1, 0.15) is 5.76 Å². The van der Waals surface area contributed by atoms with E-state index >= 15 is 0 Å². The number of benzene rings is 1. The first-order chi connectivity index (χ1) is 16.3. The third kappa shape index (κ3) is 5.81. The van der Waals surface area contributed by atoms with Gasteiger partial charge in [-0.05, 0) is 54.6 Å². The van der Waals surface area contributed by atoms with Crippen LogP contribution in [-0.4, -0.2) is 55.4 Å². The number of hydrogen-bond donors (Lipinski definition) is 0. The molecule has 12 heteroatoms. The SMILES string of the molecule is CCOc1cc(/C=C2/SC(=O)N(Cc3ccc(C(=O)OC)o3)C2=O)c(Br)cc1OCC(=O)OC. The van der Waals surface area contributed by atoms with Crippen LogP contribution in [0.4, 0.5) is 4.79 Å². The molecule has 10 nitrogen and oxygen atoms in total. The summed E-state index contributed by atoms with van der Waals surface area (Å²) < 4.78 is 26.1. The minimum atomic E-state index is -0.658. The lowest BCUT2D eigenvalue weighted by molar-refractivity contribution is -0.143. The first-order valence-corrected chi connectivity index (χ1v) is 11.5. The number of methoxy groups -OCH3 is 2. The number of halogens is 1. The molecule has 0 N–H and O–H groups in total. The summed E-state index contributed by atoms with van der Waals surface area (Å²) in [6.07, 6.45) is 1.55. The van der Waals surface area contributed by atoms with Crippen molar-refractivity contribution < 1.29 is 42.5 Å². The summed E-state index contributed by atoms with van der Waals surface area (Å²) in [7, 11) is 2.48. The largest absolute Gasteiger partial charge is 0.490 e. The molecule has 1 saturated heterocycles. The second-order valence-corrected chi connectivity index (χ2v) is 8.49. The van der Waals surface area contributed by atoms with Gasteiger partial charge in [0, 0.05) is 4.47 Å². The molecule has 2 heterocycles. The first-order valence-electron chi connectivity index (χ1n) is 9.85. The van der Waals surface area contributed by atoms with Gasteiger partial charge < -0.3 is 23.4 Å². The van der Waals surface area contributed by atoms with Crippen molar-refractivity contribution >= 4 is 56.9 Å². The summed E-state index contributed by atoms with van der Waals surface area (Å²) in [6.45, 7) is 1.69. The van der Waals surface area contributed by atoms with Gasteiger partial charge in [0.15, 0.2) is 18.1 Å². The highest BCUT2D eigenvalue weighted by molar-refractivity contribution is 9.10. The Morgan fingerprint density at radius 3 is 2.53 bits per heavy atom. The maximum Gasteiger partial charge on any atom is 0.373 e. The lowest BCUT2D eigenvalue weighted by Gasteiger charge is -2.13. The van der Waals surface area contributed by atoms with Crippen LogP contribution < -0.4 is 9.47 Å². The highest BCUT2D eigenvalue weighted by Crippen LogP contribution is 2.38. The van der Waals surface area contributed by atoms with Gasteiger partial charge in [-0.3, -0.25) is 14.5 Å². The Hall–Kier alpha value is -3.25. The van der Waals surface area contributed by atoms with Gasteiger partial charge in [0.2, 0.25) is 5.76 Å². The average molecular weight is 554 g/mol. The predicted molar refractivity (Wildman–Crippen MR) is 124 cm³/mol. The topological polar surface area (TPSA) is 122 Å². The molecule has 1 fully saturated rings. The Kier molecular flexibility index (Phi) is 8.40. The molecule has 3 rings (SSSR count). The number of rotatable bonds is 9.